The van der Waals surface area contributed by atoms with E-state index in [-0.39, 0.29) is 22.8 Å². The van der Waals surface area contributed by atoms with Crippen LogP contribution in [0.2, 0.25) is 5.02 Å². The van der Waals surface area contributed by atoms with Gasteiger partial charge in [0.05, 0.1) is 5.02 Å². The van der Waals surface area contributed by atoms with Crippen LogP contribution in [0, 0.1) is 5.82 Å². The second-order valence-corrected chi connectivity index (χ2v) is 8.33. The van der Waals surface area contributed by atoms with Crippen LogP contribution in [0.3, 0.4) is 0 Å². The Hall–Kier alpha value is -3.07. The fourth-order valence-corrected chi connectivity index (χ4v) is 4.68. The highest BCUT2D eigenvalue weighted by Gasteiger charge is 2.49. The third kappa shape index (κ3) is 3.23. The standard InChI is InChI=1S/C21H22ClFN4O4/c1-25-20(31)16-18(29)17(28)13(11-27(16)26(2)21(25)7-3-4-8-21)19(30)24-10-12-5-6-15(23)14(22)9-12/h5-6,9,11,29H,3-4,7-8,10H2,1-2H3,(H,24,30). The molecule has 10 heteroatoms. The topological polar surface area (TPSA) is 94.9 Å². The largest absolute Gasteiger partial charge is 0.502 e. The van der Waals surface area contributed by atoms with E-state index in [4.69, 9.17) is 11.6 Å². The molecule has 1 fully saturated rings. The summed E-state index contributed by atoms with van der Waals surface area (Å²) in [6.45, 7) is 0.00221. The van der Waals surface area contributed by atoms with Gasteiger partial charge in [0, 0.05) is 26.8 Å². The van der Waals surface area contributed by atoms with Gasteiger partial charge in [-0.05, 0) is 43.4 Å². The first-order chi connectivity index (χ1) is 14.7. The Bertz CT molecular complexity index is 1140. The van der Waals surface area contributed by atoms with Gasteiger partial charge in [0.15, 0.2) is 11.4 Å². The number of aromatic nitrogens is 1. The van der Waals surface area contributed by atoms with Crippen LogP contribution in [-0.2, 0) is 6.54 Å². The number of hydrogen-bond acceptors (Lipinski definition) is 5. The van der Waals surface area contributed by atoms with E-state index in [1.807, 2.05) is 0 Å². The summed E-state index contributed by atoms with van der Waals surface area (Å²) in [5.41, 5.74) is -1.44. The number of aromatic hydroxyl groups is 1. The summed E-state index contributed by atoms with van der Waals surface area (Å²) in [4.78, 5) is 40.0. The number of amides is 2. The van der Waals surface area contributed by atoms with Crippen molar-refractivity contribution in [3.05, 3.63) is 62.3 Å². The summed E-state index contributed by atoms with van der Waals surface area (Å²) in [6, 6.07) is 4.02. The third-order valence-corrected chi connectivity index (χ3v) is 6.60. The first-order valence-corrected chi connectivity index (χ1v) is 10.3. The number of rotatable bonds is 3. The zero-order chi connectivity index (χ0) is 22.5. The predicted molar refractivity (Wildman–Crippen MR) is 112 cm³/mol. The van der Waals surface area contributed by atoms with Gasteiger partial charge in [-0.3, -0.25) is 24.1 Å². The molecule has 164 valence electrons. The summed E-state index contributed by atoms with van der Waals surface area (Å²) >= 11 is 5.76. The number of carbonyl (C=O) groups excluding carboxylic acids is 2. The zero-order valence-electron chi connectivity index (χ0n) is 17.1. The maximum absolute atomic E-state index is 13.3. The van der Waals surface area contributed by atoms with Crippen molar-refractivity contribution in [1.29, 1.82) is 0 Å². The molecule has 2 amide bonds. The van der Waals surface area contributed by atoms with Gasteiger partial charge >= 0.3 is 0 Å². The van der Waals surface area contributed by atoms with E-state index < -0.39 is 34.5 Å². The molecule has 1 spiro atoms. The van der Waals surface area contributed by atoms with Crippen molar-refractivity contribution in [3.8, 4) is 5.75 Å². The second kappa shape index (κ2) is 7.56. The number of benzene rings is 1. The monoisotopic (exact) mass is 448 g/mol. The first kappa shape index (κ1) is 21.2. The van der Waals surface area contributed by atoms with Gasteiger partial charge < -0.3 is 15.3 Å². The number of fused-ring (bicyclic) bond motifs is 1. The molecule has 1 aromatic heterocycles. The zero-order valence-corrected chi connectivity index (χ0v) is 17.9. The van der Waals surface area contributed by atoms with Crippen molar-refractivity contribution in [2.45, 2.75) is 37.9 Å². The lowest BCUT2D eigenvalue weighted by atomic mass is 10.0. The predicted octanol–water partition coefficient (Wildman–Crippen LogP) is 2.20. The minimum atomic E-state index is -0.932. The minimum Gasteiger partial charge on any atom is -0.502 e. The van der Waals surface area contributed by atoms with Gasteiger partial charge in [-0.1, -0.05) is 17.7 Å². The smallest absolute Gasteiger partial charge is 0.278 e. The van der Waals surface area contributed by atoms with E-state index in [9.17, 15) is 23.9 Å². The lowest BCUT2D eigenvalue weighted by Gasteiger charge is -2.51. The SMILES string of the molecule is CN1C(=O)c2c(O)c(=O)c(C(=O)NCc3ccc(F)c(Cl)c3)cn2N(C)C12CCCC2. The number of hydrogen-bond donors (Lipinski definition) is 2. The van der Waals surface area contributed by atoms with Crippen LogP contribution in [-0.4, -0.2) is 46.3 Å². The van der Waals surface area contributed by atoms with E-state index in [1.165, 1.54) is 29.1 Å². The summed E-state index contributed by atoms with van der Waals surface area (Å²) in [5.74, 6) is -2.54. The van der Waals surface area contributed by atoms with Crippen LogP contribution in [0.1, 0.15) is 52.1 Å². The molecule has 2 N–H and O–H groups in total. The second-order valence-electron chi connectivity index (χ2n) is 7.92. The van der Waals surface area contributed by atoms with Gasteiger partial charge in [0.2, 0.25) is 5.43 Å². The van der Waals surface area contributed by atoms with Crippen LogP contribution in [0.5, 0.6) is 5.75 Å². The molecule has 2 aromatic rings. The Morgan fingerprint density at radius 2 is 1.94 bits per heavy atom. The van der Waals surface area contributed by atoms with Crippen molar-refractivity contribution in [2.24, 2.45) is 0 Å². The molecule has 0 atom stereocenters. The fourth-order valence-electron chi connectivity index (χ4n) is 4.48. The van der Waals surface area contributed by atoms with E-state index in [0.717, 1.165) is 25.7 Å². The lowest BCUT2D eigenvalue weighted by molar-refractivity contribution is 0.0404. The molecule has 1 aliphatic heterocycles. The molecule has 31 heavy (non-hydrogen) atoms. The van der Waals surface area contributed by atoms with Crippen molar-refractivity contribution in [2.75, 3.05) is 19.1 Å². The maximum atomic E-state index is 13.3. The van der Waals surface area contributed by atoms with Crippen molar-refractivity contribution in [1.82, 2.24) is 14.9 Å². The molecule has 1 aromatic carbocycles. The summed E-state index contributed by atoms with van der Waals surface area (Å²) < 4.78 is 14.7. The molecule has 4 rings (SSSR count). The molecule has 2 heterocycles. The molecule has 8 nitrogen and oxygen atoms in total. The molecule has 2 aliphatic rings. The number of halogens is 2. The van der Waals surface area contributed by atoms with E-state index >= 15 is 0 Å². The highest BCUT2D eigenvalue weighted by atomic mass is 35.5. The van der Waals surface area contributed by atoms with Gasteiger partial charge in [0.1, 0.15) is 17.0 Å². The van der Waals surface area contributed by atoms with Crippen molar-refractivity contribution >= 4 is 23.4 Å². The number of pyridine rings is 1. The van der Waals surface area contributed by atoms with Gasteiger partial charge in [-0.25, -0.2) is 4.39 Å². The molecule has 0 saturated heterocycles. The highest BCUT2D eigenvalue weighted by molar-refractivity contribution is 6.30. The Morgan fingerprint density at radius 1 is 1.26 bits per heavy atom. The average molecular weight is 449 g/mol. The van der Waals surface area contributed by atoms with Crippen LogP contribution < -0.4 is 15.8 Å². The maximum Gasteiger partial charge on any atom is 0.278 e. The molecule has 0 radical (unpaired) electrons. The van der Waals surface area contributed by atoms with Crippen LogP contribution in [0.25, 0.3) is 0 Å². The lowest BCUT2D eigenvalue weighted by Crippen LogP contribution is -2.67. The number of nitrogens with one attached hydrogen (secondary N) is 1. The summed E-state index contributed by atoms with van der Waals surface area (Å²) in [7, 11) is 3.43. The van der Waals surface area contributed by atoms with Crippen molar-refractivity contribution < 1.29 is 19.1 Å². The van der Waals surface area contributed by atoms with Crippen LogP contribution >= 0.6 is 11.6 Å². The first-order valence-electron chi connectivity index (χ1n) is 9.90. The van der Waals surface area contributed by atoms with Gasteiger partial charge in [-0.15, -0.1) is 0 Å². The fraction of sp³-hybridized carbons (Fsp3) is 0.381. The Morgan fingerprint density at radius 3 is 2.58 bits per heavy atom. The third-order valence-electron chi connectivity index (χ3n) is 6.31. The number of carbonyl (C=O) groups is 2. The van der Waals surface area contributed by atoms with Gasteiger partial charge in [0.25, 0.3) is 11.8 Å². The Labute approximate surface area is 182 Å². The number of nitrogens with zero attached hydrogens (tertiary/aromatic N) is 3. The molecule has 1 aliphatic carbocycles. The summed E-state index contributed by atoms with van der Waals surface area (Å²) in [6.07, 6.45) is 4.65. The average Bonchev–Trinajstić information content (AvgIpc) is 3.24. The van der Waals surface area contributed by atoms with Crippen molar-refractivity contribution in [3.63, 3.8) is 0 Å². The Balaban J connectivity index is 1.69. The molecular formula is C21H22ClFN4O4. The molecule has 0 unspecified atom stereocenters. The molecule has 0 bridgehead atoms. The van der Waals surface area contributed by atoms with E-state index in [2.05, 4.69) is 5.32 Å². The van der Waals surface area contributed by atoms with Crippen LogP contribution in [0.15, 0.2) is 29.2 Å². The normalized spacial score (nSPS) is 17.2. The Kier molecular flexibility index (Phi) is 5.17. The quantitative estimate of drug-likeness (QED) is 0.750. The summed E-state index contributed by atoms with van der Waals surface area (Å²) in [5, 5.41) is 14.8. The van der Waals surface area contributed by atoms with E-state index in [0.29, 0.717) is 5.56 Å². The molecular weight excluding hydrogens is 427 g/mol. The van der Waals surface area contributed by atoms with E-state index in [1.54, 1.807) is 24.0 Å². The minimum absolute atomic E-state index is 0.00221. The van der Waals surface area contributed by atoms with Gasteiger partial charge in [-0.2, -0.15) is 0 Å². The van der Waals surface area contributed by atoms with Crippen LogP contribution in [0.4, 0.5) is 4.39 Å². The highest BCUT2D eigenvalue weighted by Crippen LogP contribution is 2.40. The molecule has 1 saturated carbocycles.